The van der Waals surface area contributed by atoms with Gasteiger partial charge < -0.3 is 5.11 Å². The number of hydrogen-bond acceptors (Lipinski definition) is 2. The number of aliphatic hydroxyl groups is 1. The summed E-state index contributed by atoms with van der Waals surface area (Å²) in [5.41, 5.74) is 1.88. The largest absolute Gasteiger partial charge is 0.390 e. The first-order valence-electron chi connectivity index (χ1n) is 4.27. The highest BCUT2D eigenvalue weighted by Gasteiger charge is 2.04. The van der Waals surface area contributed by atoms with Crippen molar-refractivity contribution >= 4 is 0 Å². The van der Waals surface area contributed by atoms with Crippen molar-refractivity contribution in [2.45, 2.75) is 33.9 Å². The van der Waals surface area contributed by atoms with Crippen molar-refractivity contribution in [1.29, 1.82) is 0 Å². The highest BCUT2D eigenvalue weighted by Crippen LogP contribution is 2.06. The average molecular weight is 168 g/mol. The molecule has 1 heterocycles. The predicted molar refractivity (Wildman–Crippen MR) is 47.7 cm³/mol. The highest BCUT2D eigenvalue weighted by molar-refractivity contribution is 5.07. The van der Waals surface area contributed by atoms with Crippen LogP contribution in [0.5, 0.6) is 0 Å². The summed E-state index contributed by atoms with van der Waals surface area (Å²) in [6.07, 6.45) is 0. The van der Waals surface area contributed by atoms with E-state index in [4.69, 9.17) is 5.11 Å². The number of aliphatic hydroxyl groups excluding tert-OH is 1. The summed E-state index contributed by atoms with van der Waals surface area (Å²) >= 11 is 0. The number of nitrogens with zero attached hydrogens (tertiary/aromatic N) is 2. The molecule has 0 atom stereocenters. The lowest BCUT2D eigenvalue weighted by molar-refractivity contribution is 0.264. The van der Waals surface area contributed by atoms with Crippen molar-refractivity contribution in [1.82, 2.24) is 9.78 Å². The summed E-state index contributed by atoms with van der Waals surface area (Å²) in [4.78, 5) is 0. The van der Waals surface area contributed by atoms with Gasteiger partial charge in [0.25, 0.3) is 0 Å². The molecule has 0 fully saturated rings. The van der Waals surface area contributed by atoms with Crippen LogP contribution in [0.25, 0.3) is 0 Å². The van der Waals surface area contributed by atoms with Crippen LogP contribution in [0.1, 0.15) is 25.2 Å². The zero-order valence-electron chi connectivity index (χ0n) is 7.91. The molecule has 3 heteroatoms. The van der Waals surface area contributed by atoms with Gasteiger partial charge in [-0.2, -0.15) is 5.10 Å². The van der Waals surface area contributed by atoms with E-state index < -0.39 is 0 Å². The smallest absolute Gasteiger partial charge is 0.0849 e. The average Bonchev–Trinajstić information content (AvgIpc) is 2.29. The summed E-state index contributed by atoms with van der Waals surface area (Å²) in [5, 5.41) is 13.3. The van der Waals surface area contributed by atoms with Gasteiger partial charge in [-0.3, -0.25) is 4.68 Å². The van der Waals surface area contributed by atoms with Gasteiger partial charge in [0.05, 0.1) is 18.0 Å². The third-order valence-corrected chi connectivity index (χ3v) is 1.69. The second-order valence-corrected chi connectivity index (χ2v) is 3.51. The van der Waals surface area contributed by atoms with E-state index in [0.717, 1.165) is 17.9 Å². The number of rotatable bonds is 3. The van der Waals surface area contributed by atoms with E-state index in [1.807, 2.05) is 17.7 Å². The molecule has 0 aliphatic carbocycles. The topological polar surface area (TPSA) is 38.0 Å². The molecule has 0 radical (unpaired) electrons. The van der Waals surface area contributed by atoms with E-state index >= 15 is 0 Å². The summed E-state index contributed by atoms with van der Waals surface area (Å²) < 4.78 is 1.88. The van der Waals surface area contributed by atoms with Gasteiger partial charge in [-0.05, 0) is 18.9 Å². The van der Waals surface area contributed by atoms with E-state index in [1.54, 1.807) is 0 Å². The SMILES string of the molecule is Cc1cc(CO)n(CC(C)C)n1. The lowest BCUT2D eigenvalue weighted by Crippen LogP contribution is -2.09. The van der Waals surface area contributed by atoms with Crippen LogP contribution in [0.2, 0.25) is 0 Å². The molecule has 3 nitrogen and oxygen atoms in total. The Morgan fingerprint density at radius 1 is 1.58 bits per heavy atom. The Hall–Kier alpha value is -0.830. The predicted octanol–water partition coefficient (Wildman–Crippen LogP) is 1.34. The molecule has 1 aromatic heterocycles. The molecule has 0 aromatic carbocycles. The summed E-state index contributed by atoms with van der Waals surface area (Å²) in [5.74, 6) is 0.564. The van der Waals surface area contributed by atoms with Gasteiger partial charge in [-0.15, -0.1) is 0 Å². The van der Waals surface area contributed by atoms with Crippen molar-refractivity contribution in [3.05, 3.63) is 17.5 Å². The maximum absolute atomic E-state index is 8.98. The fourth-order valence-electron chi connectivity index (χ4n) is 1.23. The zero-order chi connectivity index (χ0) is 9.14. The van der Waals surface area contributed by atoms with Crippen LogP contribution >= 0.6 is 0 Å². The van der Waals surface area contributed by atoms with Crippen molar-refractivity contribution in [2.75, 3.05) is 0 Å². The molecule has 0 unspecified atom stereocenters. The first-order valence-corrected chi connectivity index (χ1v) is 4.27. The zero-order valence-corrected chi connectivity index (χ0v) is 7.91. The normalized spacial score (nSPS) is 11.1. The maximum Gasteiger partial charge on any atom is 0.0849 e. The minimum atomic E-state index is 0.0769. The molecule has 0 saturated carbocycles. The van der Waals surface area contributed by atoms with Crippen LogP contribution in [0.15, 0.2) is 6.07 Å². The van der Waals surface area contributed by atoms with E-state index in [2.05, 4.69) is 18.9 Å². The molecule has 1 aromatic rings. The molecule has 1 rings (SSSR count). The fraction of sp³-hybridized carbons (Fsp3) is 0.667. The van der Waals surface area contributed by atoms with Crippen LogP contribution in [-0.2, 0) is 13.2 Å². The number of aromatic nitrogens is 2. The van der Waals surface area contributed by atoms with Gasteiger partial charge in [0.2, 0.25) is 0 Å². The molecular formula is C9H16N2O. The van der Waals surface area contributed by atoms with E-state index in [-0.39, 0.29) is 6.61 Å². The molecule has 0 spiro atoms. The quantitative estimate of drug-likeness (QED) is 0.739. The van der Waals surface area contributed by atoms with Crippen LogP contribution in [0.3, 0.4) is 0 Å². The molecule has 0 amide bonds. The molecule has 1 N–H and O–H groups in total. The van der Waals surface area contributed by atoms with E-state index in [0.29, 0.717) is 5.92 Å². The van der Waals surface area contributed by atoms with Gasteiger partial charge in [0.15, 0.2) is 0 Å². The van der Waals surface area contributed by atoms with E-state index in [1.165, 1.54) is 0 Å². The minimum absolute atomic E-state index is 0.0769. The lowest BCUT2D eigenvalue weighted by atomic mass is 10.2. The Morgan fingerprint density at radius 2 is 2.25 bits per heavy atom. The Bertz CT molecular complexity index is 253. The molecular weight excluding hydrogens is 152 g/mol. The molecule has 12 heavy (non-hydrogen) atoms. The third-order valence-electron chi connectivity index (χ3n) is 1.69. The van der Waals surface area contributed by atoms with Crippen molar-refractivity contribution in [2.24, 2.45) is 5.92 Å². The lowest BCUT2D eigenvalue weighted by Gasteiger charge is -2.07. The van der Waals surface area contributed by atoms with Crippen molar-refractivity contribution < 1.29 is 5.11 Å². The molecule has 68 valence electrons. The van der Waals surface area contributed by atoms with Gasteiger partial charge in [-0.25, -0.2) is 0 Å². The second kappa shape index (κ2) is 3.72. The summed E-state index contributed by atoms with van der Waals surface area (Å²) in [6, 6.07) is 1.92. The highest BCUT2D eigenvalue weighted by atomic mass is 16.3. The Morgan fingerprint density at radius 3 is 2.75 bits per heavy atom. The van der Waals surface area contributed by atoms with Crippen LogP contribution < -0.4 is 0 Å². The molecule has 0 aliphatic rings. The van der Waals surface area contributed by atoms with Crippen molar-refractivity contribution in [3.63, 3.8) is 0 Å². The Labute approximate surface area is 73.0 Å². The fourth-order valence-corrected chi connectivity index (χ4v) is 1.23. The van der Waals surface area contributed by atoms with Crippen LogP contribution in [0.4, 0.5) is 0 Å². The van der Waals surface area contributed by atoms with Crippen LogP contribution in [0, 0.1) is 12.8 Å². The van der Waals surface area contributed by atoms with Crippen LogP contribution in [-0.4, -0.2) is 14.9 Å². The number of hydrogen-bond donors (Lipinski definition) is 1. The Kier molecular flexibility index (Phi) is 2.87. The first kappa shape index (κ1) is 9.26. The molecule has 0 aliphatic heterocycles. The molecule has 0 bridgehead atoms. The van der Waals surface area contributed by atoms with Gasteiger partial charge in [0, 0.05) is 6.54 Å². The maximum atomic E-state index is 8.98. The van der Waals surface area contributed by atoms with E-state index in [9.17, 15) is 0 Å². The minimum Gasteiger partial charge on any atom is -0.390 e. The second-order valence-electron chi connectivity index (χ2n) is 3.51. The van der Waals surface area contributed by atoms with Gasteiger partial charge in [0.1, 0.15) is 0 Å². The van der Waals surface area contributed by atoms with Gasteiger partial charge in [-0.1, -0.05) is 13.8 Å². The summed E-state index contributed by atoms with van der Waals surface area (Å²) in [6.45, 7) is 7.17. The number of aryl methyl sites for hydroxylation is 1. The standard InChI is InChI=1S/C9H16N2O/c1-7(2)5-11-9(6-12)4-8(3)10-11/h4,7,12H,5-6H2,1-3H3. The monoisotopic (exact) mass is 168 g/mol. The van der Waals surface area contributed by atoms with Gasteiger partial charge >= 0.3 is 0 Å². The molecule has 0 saturated heterocycles. The summed E-state index contributed by atoms with van der Waals surface area (Å²) in [7, 11) is 0. The van der Waals surface area contributed by atoms with Crippen molar-refractivity contribution in [3.8, 4) is 0 Å². The Balaban J connectivity index is 2.81. The third kappa shape index (κ3) is 2.08. The first-order chi connectivity index (χ1) is 5.63.